The summed E-state index contributed by atoms with van der Waals surface area (Å²) in [7, 11) is 0. The van der Waals surface area contributed by atoms with Crippen LogP contribution in [0, 0.1) is 11.8 Å². The van der Waals surface area contributed by atoms with Crippen LogP contribution in [0.2, 0.25) is 0 Å². The standard InChI is InChI=1S/C27H37N5O3/c1-16-11-19(9-10-30(16)20-13-17-5-4-6-18(12-17)14-20)32-23-8-3-2-7-22(23)29-25(26(32)33)31-15-21(28)24(31)27(34)35/h2-3,7-8,16-21,24H,4-6,9-15,28H2,1H3,(H,34,35)/t16-,17-,18+,19-,20+,21+,24-/m0/s1. The third kappa shape index (κ3) is 3.95. The van der Waals surface area contributed by atoms with Crippen molar-refractivity contribution in [2.24, 2.45) is 17.6 Å². The van der Waals surface area contributed by atoms with Crippen LogP contribution in [0.5, 0.6) is 0 Å². The van der Waals surface area contributed by atoms with Crippen molar-refractivity contribution in [2.75, 3.05) is 18.0 Å². The van der Waals surface area contributed by atoms with E-state index in [4.69, 9.17) is 5.73 Å². The first kappa shape index (κ1) is 23.0. The summed E-state index contributed by atoms with van der Waals surface area (Å²) in [6.07, 6.45) is 10.1. The number of fused-ring (bicyclic) bond motifs is 3. The summed E-state index contributed by atoms with van der Waals surface area (Å²) in [5.74, 6) is 1.01. The van der Waals surface area contributed by atoms with E-state index in [-0.39, 0.29) is 17.4 Å². The van der Waals surface area contributed by atoms with Crippen LogP contribution in [0.3, 0.4) is 0 Å². The van der Waals surface area contributed by atoms with E-state index in [1.54, 1.807) is 4.90 Å². The largest absolute Gasteiger partial charge is 0.480 e. The molecule has 2 saturated heterocycles. The van der Waals surface area contributed by atoms with Crippen LogP contribution < -0.4 is 16.2 Å². The number of para-hydroxylation sites is 2. The second-order valence-corrected chi connectivity index (χ2v) is 11.5. The number of carboxylic acids is 1. The Balaban J connectivity index is 1.30. The molecule has 0 amide bonds. The summed E-state index contributed by atoms with van der Waals surface area (Å²) in [4.78, 5) is 34.5. The van der Waals surface area contributed by atoms with Gasteiger partial charge in [-0.25, -0.2) is 9.78 Å². The van der Waals surface area contributed by atoms with Gasteiger partial charge in [-0.05, 0) is 63.0 Å². The van der Waals surface area contributed by atoms with E-state index in [9.17, 15) is 14.7 Å². The van der Waals surface area contributed by atoms with Gasteiger partial charge in [0.2, 0.25) is 0 Å². The molecule has 2 bridgehead atoms. The van der Waals surface area contributed by atoms with Gasteiger partial charge in [-0.2, -0.15) is 0 Å². The van der Waals surface area contributed by atoms with E-state index in [1.165, 1.54) is 38.5 Å². The molecular formula is C27H37N5O3. The first-order valence-corrected chi connectivity index (χ1v) is 13.4. The topological polar surface area (TPSA) is 105 Å². The summed E-state index contributed by atoms with van der Waals surface area (Å²) >= 11 is 0. The number of aromatic nitrogens is 2. The first-order valence-electron chi connectivity index (χ1n) is 13.4. The zero-order valence-corrected chi connectivity index (χ0v) is 20.6. The number of likely N-dealkylation sites (tertiary alicyclic amines) is 1. The van der Waals surface area contributed by atoms with Gasteiger partial charge in [-0.1, -0.05) is 31.4 Å². The SMILES string of the molecule is C[C@H]1C[C@@H](n2c(=O)c(N3C[C@@H](N)[C@H]3C(=O)O)nc3ccccc32)CCN1[C@H]1C[C@@H]2CCC[C@@H](C2)C1. The molecule has 7 atom stereocenters. The lowest BCUT2D eigenvalue weighted by atomic mass is 9.69. The van der Waals surface area contributed by atoms with Crippen molar-refractivity contribution < 1.29 is 9.90 Å². The Bertz CT molecular complexity index is 1170. The van der Waals surface area contributed by atoms with E-state index >= 15 is 0 Å². The van der Waals surface area contributed by atoms with Crippen molar-refractivity contribution in [3.8, 4) is 0 Å². The molecule has 2 aromatic rings. The van der Waals surface area contributed by atoms with E-state index in [0.29, 0.717) is 18.6 Å². The molecule has 3 N–H and O–H groups in total. The van der Waals surface area contributed by atoms with Crippen molar-refractivity contribution in [1.82, 2.24) is 14.5 Å². The van der Waals surface area contributed by atoms with Crippen LogP contribution in [-0.2, 0) is 4.79 Å². The highest BCUT2D eigenvalue weighted by Crippen LogP contribution is 2.43. The molecule has 0 radical (unpaired) electrons. The van der Waals surface area contributed by atoms with Crippen LogP contribution in [0.4, 0.5) is 5.82 Å². The Kier molecular flexibility index (Phi) is 5.84. The average Bonchev–Trinajstić information content (AvgIpc) is 2.81. The molecule has 8 nitrogen and oxygen atoms in total. The third-order valence-electron chi connectivity index (χ3n) is 9.29. The number of carboxylic acid groups (broad SMARTS) is 1. The van der Waals surface area contributed by atoms with Crippen molar-refractivity contribution in [1.29, 1.82) is 0 Å². The Hall–Kier alpha value is -2.45. The van der Waals surface area contributed by atoms with Gasteiger partial charge in [-0.15, -0.1) is 0 Å². The van der Waals surface area contributed by atoms with Gasteiger partial charge in [0.05, 0.1) is 17.1 Å². The summed E-state index contributed by atoms with van der Waals surface area (Å²) in [5, 5.41) is 9.64. The van der Waals surface area contributed by atoms with E-state index < -0.39 is 18.1 Å². The Morgan fingerprint density at radius 3 is 2.49 bits per heavy atom. The third-order valence-corrected chi connectivity index (χ3v) is 9.29. The van der Waals surface area contributed by atoms with Crippen LogP contribution >= 0.6 is 0 Å². The quantitative estimate of drug-likeness (QED) is 0.695. The van der Waals surface area contributed by atoms with Gasteiger partial charge < -0.3 is 20.3 Å². The van der Waals surface area contributed by atoms with Crippen molar-refractivity contribution >= 4 is 22.8 Å². The molecule has 6 rings (SSSR count). The van der Waals surface area contributed by atoms with Gasteiger partial charge >= 0.3 is 5.97 Å². The monoisotopic (exact) mass is 479 g/mol. The average molecular weight is 480 g/mol. The minimum atomic E-state index is -1.01. The fraction of sp³-hybridized carbons (Fsp3) is 0.667. The minimum Gasteiger partial charge on any atom is -0.480 e. The molecule has 2 aliphatic heterocycles. The number of piperidine rings is 1. The van der Waals surface area contributed by atoms with Crippen molar-refractivity contribution in [2.45, 2.75) is 88.5 Å². The van der Waals surface area contributed by atoms with Crippen LogP contribution in [0.15, 0.2) is 29.1 Å². The number of aliphatic carboxylic acids is 1. The fourth-order valence-corrected chi connectivity index (χ4v) is 7.67. The number of benzene rings is 1. The summed E-state index contributed by atoms with van der Waals surface area (Å²) in [6, 6.07) is 7.48. The molecular weight excluding hydrogens is 442 g/mol. The summed E-state index contributed by atoms with van der Waals surface area (Å²) in [5.41, 5.74) is 7.33. The van der Waals surface area contributed by atoms with Gasteiger partial charge in [-0.3, -0.25) is 9.69 Å². The summed E-state index contributed by atoms with van der Waals surface area (Å²) < 4.78 is 1.91. The van der Waals surface area contributed by atoms with E-state index in [1.807, 2.05) is 28.8 Å². The Morgan fingerprint density at radius 1 is 1.06 bits per heavy atom. The Labute approximate surface area is 206 Å². The molecule has 0 spiro atoms. The van der Waals surface area contributed by atoms with Gasteiger partial charge in [0.15, 0.2) is 5.82 Å². The number of hydrogen-bond donors (Lipinski definition) is 2. The molecule has 3 heterocycles. The molecule has 35 heavy (non-hydrogen) atoms. The number of carbonyl (C=O) groups is 1. The minimum absolute atomic E-state index is 0.0710. The van der Waals surface area contributed by atoms with E-state index in [0.717, 1.165) is 42.3 Å². The normalized spacial score (nSPS) is 35.6. The zero-order chi connectivity index (χ0) is 24.3. The van der Waals surface area contributed by atoms with Crippen LogP contribution in [-0.4, -0.2) is 62.8 Å². The predicted molar refractivity (Wildman–Crippen MR) is 136 cm³/mol. The fourth-order valence-electron chi connectivity index (χ4n) is 7.67. The van der Waals surface area contributed by atoms with Crippen LogP contribution in [0.25, 0.3) is 11.0 Å². The molecule has 8 heteroatoms. The highest BCUT2D eigenvalue weighted by atomic mass is 16.4. The molecule has 1 aromatic carbocycles. The molecule has 0 unspecified atom stereocenters. The number of hydrogen-bond acceptors (Lipinski definition) is 6. The number of nitrogens with two attached hydrogens (primary N) is 1. The number of rotatable bonds is 4. The van der Waals surface area contributed by atoms with Gasteiger partial charge in [0.1, 0.15) is 6.04 Å². The highest BCUT2D eigenvalue weighted by molar-refractivity contribution is 5.83. The van der Waals surface area contributed by atoms with Gasteiger partial charge in [0.25, 0.3) is 5.56 Å². The second kappa shape index (κ2) is 8.89. The molecule has 2 saturated carbocycles. The number of anilines is 1. The zero-order valence-electron chi connectivity index (χ0n) is 20.6. The van der Waals surface area contributed by atoms with Crippen molar-refractivity contribution in [3.63, 3.8) is 0 Å². The summed E-state index contributed by atoms with van der Waals surface area (Å²) in [6.45, 7) is 3.65. The molecule has 188 valence electrons. The maximum atomic E-state index is 13.8. The van der Waals surface area contributed by atoms with E-state index in [2.05, 4.69) is 16.8 Å². The van der Waals surface area contributed by atoms with Crippen LogP contribution in [0.1, 0.15) is 64.3 Å². The maximum Gasteiger partial charge on any atom is 0.328 e. The second-order valence-electron chi connectivity index (χ2n) is 11.5. The molecule has 4 fully saturated rings. The predicted octanol–water partition coefficient (Wildman–Crippen LogP) is 2.99. The molecule has 2 aliphatic carbocycles. The first-order chi connectivity index (χ1) is 16.9. The lowest BCUT2D eigenvalue weighted by Crippen LogP contribution is -2.69. The molecule has 1 aromatic heterocycles. The van der Waals surface area contributed by atoms with Gasteiger partial charge in [0, 0.05) is 31.2 Å². The lowest BCUT2D eigenvalue weighted by molar-refractivity contribution is -0.140. The molecule has 4 aliphatic rings. The Morgan fingerprint density at radius 2 is 1.80 bits per heavy atom. The number of nitrogens with zero attached hydrogens (tertiary/aromatic N) is 4. The smallest absolute Gasteiger partial charge is 0.328 e. The lowest BCUT2D eigenvalue weighted by Gasteiger charge is -2.49. The van der Waals surface area contributed by atoms with Crippen molar-refractivity contribution in [3.05, 3.63) is 34.6 Å². The highest BCUT2D eigenvalue weighted by Gasteiger charge is 2.45. The maximum absolute atomic E-state index is 13.8.